The molecule has 2 heteroatoms. The lowest BCUT2D eigenvalue weighted by molar-refractivity contribution is 0.183. The van der Waals surface area contributed by atoms with Gasteiger partial charge < -0.3 is 4.90 Å². The standard InChI is InChI=1S/C12H22N2/c1-2-3-4-9-14-10-6-12(5-8-13)7-11-14/h12H,2-7,9-11H2,1H3. The molecule has 1 fully saturated rings. The van der Waals surface area contributed by atoms with E-state index in [-0.39, 0.29) is 0 Å². The third-order valence-corrected chi connectivity index (χ3v) is 3.17. The van der Waals surface area contributed by atoms with Gasteiger partial charge in [-0.2, -0.15) is 5.26 Å². The van der Waals surface area contributed by atoms with Crippen molar-refractivity contribution >= 4 is 0 Å². The van der Waals surface area contributed by atoms with E-state index >= 15 is 0 Å². The third-order valence-electron chi connectivity index (χ3n) is 3.17. The van der Waals surface area contributed by atoms with Crippen LogP contribution in [0.2, 0.25) is 0 Å². The van der Waals surface area contributed by atoms with Gasteiger partial charge in [0.15, 0.2) is 0 Å². The molecule has 14 heavy (non-hydrogen) atoms. The van der Waals surface area contributed by atoms with E-state index in [9.17, 15) is 0 Å². The van der Waals surface area contributed by atoms with Crippen LogP contribution >= 0.6 is 0 Å². The zero-order chi connectivity index (χ0) is 10.2. The van der Waals surface area contributed by atoms with Gasteiger partial charge >= 0.3 is 0 Å². The molecule has 0 aliphatic carbocycles. The minimum Gasteiger partial charge on any atom is -0.303 e. The summed E-state index contributed by atoms with van der Waals surface area (Å²) in [6, 6.07) is 2.29. The Morgan fingerprint density at radius 1 is 1.29 bits per heavy atom. The van der Waals surface area contributed by atoms with Crippen LogP contribution in [0.3, 0.4) is 0 Å². The molecule has 0 aromatic heterocycles. The summed E-state index contributed by atoms with van der Waals surface area (Å²) in [5, 5.41) is 8.59. The molecule has 0 aromatic carbocycles. The van der Waals surface area contributed by atoms with Crippen LogP contribution in [0.15, 0.2) is 0 Å². The van der Waals surface area contributed by atoms with Crippen LogP contribution in [-0.4, -0.2) is 24.5 Å². The summed E-state index contributed by atoms with van der Waals surface area (Å²) in [5.74, 6) is 0.683. The van der Waals surface area contributed by atoms with Gasteiger partial charge in [-0.25, -0.2) is 0 Å². The molecule has 1 rings (SSSR count). The number of nitriles is 1. The van der Waals surface area contributed by atoms with Gasteiger partial charge in [0.1, 0.15) is 0 Å². The zero-order valence-electron chi connectivity index (χ0n) is 9.34. The smallest absolute Gasteiger partial charge is 0.0624 e. The molecule has 0 aromatic rings. The van der Waals surface area contributed by atoms with Gasteiger partial charge in [-0.15, -0.1) is 0 Å². The Morgan fingerprint density at radius 3 is 2.57 bits per heavy atom. The Bertz CT molecular complexity index is 175. The fourth-order valence-electron chi connectivity index (χ4n) is 2.13. The van der Waals surface area contributed by atoms with E-state index in [4.69, 9.17) is 5.26 Å². The van der Waals surface area contributed by atoms with E-state index in [1.54, 1.807) is 0 Å². The number of hydrogen-bond donors (Lipinski definition) is 0. The summed E-state index contributed by atoms with van der Waals surface area (Å²) < 4.78 is 0. The second-order valence-electron chi connectivity index (χ2n) is 4.35. The molecular weight excluding hydrogens is 172 g/mol. The van der Waals surface area contributed by atoms with E-state index in [0.29, 0.717) is 5.92 Å². The number of unbranched alkanes of at least 4 members (excludes halogenated alkanes) is 2. The van der Waals surface area contributed by atoms with Crippen LogP contribution < -0.4 is 0 Å². The maximum Gasteiger partial charge on any atom is 0.0624 e. The number of piperidine rings is 1. The Kier molecular flexibility index (Phi) is 5.63. The zero-order valence-corrected chi connectivity index (χ0v) is 9.34. The molecule has 0 spiro atoms. The minimum atomic E-state index is 0.683. The molecule has 0 radical (unpaired) electrons. The van der Waals surface area contributed by atoms with Crippen molar-refractivity contribution in [2.45, 2.75) is 45.4 Å². The lowest BCUT2D eigenvalue weighted by Crippen LogP contribution is -2.34. The van der Waals surface area contributed by atoms with Crippen LogP contribution in [0.25, 0.3) is 0 Å². The maximum atomic E-state index is 8.59. The summed E-state index contributed by atoms with van der Waals surface area (Å²) >= 11 is 0. The third kappa shape index (κ3) is 4.11. The topological polar surface area (TPSA) is 27.0 Å². The second-order valence-corrected chi connectivity index (χ2v) is 4.35. The average molecular weight is 194 g/mol. The Labute approximate surface area is 87.9 Å². The van der Waals surface area contributed by atoms with Crippen molar-refractivity contribution in [2.75, 3.05) is 19.6 Å². The quantitative estimate of drug-likeness (QED) is 0.629. The molecule has 0 unspecified atom stereocenters. The lowest BCUT2D eigenvalue weighted by atomic mass is 9.94. The highest BCUT2D eigenvalue weighted by Crippen LogP contribution is 2.19. The first-order valence-electron chi connectivity index (χ1n) is 5.96. The number of rotatable bonds is 5. The van der Waals surface area contributed by atoms with Gasteiger partial charge in [-0.1, -0.05) is 19.8 Å². The van der Waals surface area contributed by atoms with Crippen molar-refractivity contribution in [1.82, 2.24) is 4.90 Å². The van der Waals surface area contributed by atoms with Crippen molar-refractivity contribution in [2.24, 2.45) is 5.92 Å². The highest BCUT2D eigenvalue weighted by molar-refractivity contribution is 4.80. The summed E-state index contributed by atoms with van der Waals surface area (Å²) in [6.45, 7) is 5.96. The van der Waals surface area contributed by atoms with E-state index in [2.05, 4.69) is 17.9 Å². The monoisotopic (exact) mass is 194 g/mol. The fraction of sp³-hybridized carbons (Fsp3) is 0.917. The summed E-state index contributed by atoms with van der Waals surface area (Å²) in [4.78, 5) is 2.56. The van der Waals surface area contributed by atoms with Crippen molar-refractivity contribution in [3.8, 4) is 6.07 Å². The molecule has 1 aliphatic rings. The molecule has 1 aliphatic heterocycles. The fourth-order valence-corrected chi connectivity index (χ4v) is 2.13. The lowest BCUT2D eigenvalue weighted by Gasteiger charge is -2.30. The average Bonchev–Trinajstić information content (AvgIpc) is 2.21. The van der Waals surface area contributed by atoms with Crippen LogP contribution in [0, 0.1) is 17.2 Å². The Hall–Kier alpha value is -0.550. The molecule has 0 N–H and O–H groups in total. The first-order valence-corrected chi connectivity index (χ1v) is 5.96. The highest BCUT2D eigenvalue weighted by atomic mass is 15.1. The highest BCUT2D eigenvalue weighted by Gasteiger charge is 2.17. The van der Waals surface area contributed by atoms with E-state index in [1.807, 2.05) is 0 Å². The predicted molar refractivity (Wildman–Crippen MR) is 58.9 cm³/mol. The molecule has 1 heterocycles. The molecule has 1 saturated heterocycles. The van der Waals surface area contributed by atoms with Gasteiger partial charge in [-0.3, -0.25) is 0 Å². The van der Waals surface area contributed by atoms with Gasteiger partial charge in [0, 0.05) is 6.42 Å². The van der Waals surface area contributed by atoms with E-state index in [0.717, 1.165) is 6.42 Å². The Morgan fingerprint density at radius 2 is 2.00 bits per heavy atom. The van der Waals surface area contributed by atoms with Gasteiger partial charge in [0.25, 0.3) is 0 Å². The molecule has 0 saturated carbocycles. The van der Waals surface area contributed by atoms with Crippen LogP contribution in [0.1, 0.15) is 45.4 Å². The first-order chi connectivity index (χ1) is 6.86. The largest absolute Gasteiger partial charge is 0.303 e. The summed E-state index contributed by atoms with van der Waals surface area (Å²) in [5.41, 5.74) is 0. The SMILES string of the molecule is CCCCCN1CCC(CC#N)CC1. The molecule has 80 valence electrons. The number of hydrogen-bond acceptors (Lipinski definition) is 2. The van der Waals surface area contributed by atoms with Gasteiger partial charge in [0.05, 0.1) is 6.07 Å². The van der Waals surface area contributed by atoms with Gasteiger partial charge in [-0.05, 0) is 44.8 Å². The normalized spacial score (nSPS) is 19.4. The van der Waals surface area contributed by atoms with Crippen molar-refractivity contribution in [3.63, 3.8) is 0 Å². The van der Waals surface area contributed by atoms with Crippen molar-refractivity contribution in [3.05, 3.63) is 0 Å². The van der Waals surface area contributed by atoms with E-state index in [1.165, 1.54) is 51.7 Å². The summed E-state index contributed by atoms with van der Waals surface area (Å²) in [6.07, 6.45) is 7.25. The van der Waals surface area contributed by atoms with E-state index < -0.39 is 0 Å². The number of likely N-dealkylation sites (tertiary alicyclic amines) is 1. The molecular formula is C12H22N2. The molecule has 0 amide bonds. The minimum absolute atomic E-state index is 0.683. The van der Waals surface area contributed by atoms with Crippen LogP contribution in [-0.2, 0) is 0 Å². The van der Waals surface area contributed by atoms with Crippen LogP contribution in [0.4, 0.5) is 0 Å². The van der Waals surface area contributed by atoms with Crippen LogP contribution in [0.5, 0.6) is 0 Å². The number of nitrogens with zero attached hydrogens (tertiary/aromatic N) is 2. The van der Waals surface area contributed by atoms with Gasteiger partial charge in [0.2, 0.25) is 0 Å². The first kappa shape index (κ1) is 11.5. The molecule has 0 atom stereocenters. The molecule has 2 nitrogen and oxygen atoms in total. The summed E-state index contributed by atoms with van der Waals surface area (Å²) in [7, 11) is 0. The van der Waals surface area contributed by atoms with Crippen molar-refractivity contribution < 1.29 is 0 Å². The predicted octanol–water partition coefficient (Wildman–Crippen LogP) is 2.80. The molecule has 0 bridgehead atoms. The van der Waals surface area contributed by atoms with Crippen molar-refractivity contribution in [1.29, 1.82) is 5.26 Å². The maximum absolute atomic E-state index is 8.59. The second kappa shape index (κ2) is 6.84. The Balaban J connectivity index is 2.07.